The summed E-state index contributed by atoms with van der Waals surface area (Å²) in [4.78, 5) is 38.0. The standard InChI is InChI=1S/C21H18ClF3N6O2/c1-2-17(32)30-5-7-31(8-6-30)19-12-9-14(22)11(10-15(12)27-20(33)29-19)18-13(21(23,24)25)3-4-16(26)28-18/h2-4,9-10H,1,5-8H2,(H2,26,28)(H,27,29,33). The van der Waals surface area contributed by atoms with Gasteiger partial charge in [-0.25, -0.2) is 9.78 Å². The first kappa shape index (κ1) is 22.6. The second-order valence-electron chi connectivity index (χ2n) is 7.39. The van der Waals surface area contributed by atoms with Crippen molar-refractivity contribution in [1.82, 2.24) is 19.9 Å². The van der Waals surface area contributed by atoms with Crippen LogP contribution in [0.15, 0.2) is 41.7 Å². The molecule has 33 heavy (non-hydrogen) atoms. The van der Waals surface area contributed by atoms with Gasteiger partial charge in [-0.1, -0.05) is 18.2 Å². The van der Waals surface area contributed by atoms with Crippen LogP contribution in [-0.2, 0) is 11.0 Å². The van der Waals surface area contributed by atoms with Crippen molar-refractivity contribution in [3.63, 3.8) is 0 Å². The highest BCUT2D eigenvalue weighted by Crippen LogP contribution is 2.40. The number of piperazine rings is 1. The van der Waals surface area contributed by atoms with Crippen molar-refractivity contribution >= 4 is 40.0 Å². The quantitative estimate of drug-likeness (QED) is 0.560. The molecule has 2 aromatic heterocycles. The summed E-state index contributed by atoms with van der Waals surface area (Å²) in [6, 6.07) is 4.67. The lowest BCUT2D eigenvalue weighted by molar-refractivity contribution is -0.137. The molecule has 0 radical (unpaired) electrons. The Kier molecular flexibility index (Phi) is 5.75. The highest BCUT2D eigenvalue weighted by atomic mass is 35.5. The summed E-state index contributed by atoms with van der Waals surface area (Å²) in [5.74, 6) is 0.0238. The molecule has 0 bridgehead atoms. The van der Waals surface area contributed by atoms with Gasteiger partial charge in [0.1, 0.15) is 11.6 Å². The predicted molar refractivity (Wildman–Crippen MR) is 119 cm³/mol. The first-order chi connectivity index (χ1) is 15.6. The Bertz CT molecular complexity index is 1320. The summed E-state index contributed by atoms with van der Waals surface area (Å²) in [6.07, 6.45) is -3.45. The van der Waals surface area contributed by atoms with E-state index in [2.05, 4.69) is 21.5 Å². The molecular formula is C21H18ClF3N6O2. The molecule has 4 rings (SSSR count). The molecule has 0 spiro atoms. The van der Waals surface area contributed by atoms with Gasteiger partial charge in [-0.05, 0) is 30.3 Å². The number of amides is 1. The van der Waals surface area contributed by atoms with E-state index in [0.717, 1.165) is 12.1 Å². The number of fused-ring (bicyclic) bond motifs is 1. The van der Waals surface area contributed by atoms with Crippen molar-refractivity contribution < 1.29 is 18.0 Å². The normalized spacial score (nSPS) is 14.5. The van der Waals surface area contributed by atoms with Crippen LogP contribution in [0.3, 0.4) is 0 Å². The molecule has 1 amide bonds. The number of nitrogens with one attached hydrogen (secondary N) is 1. The van der Waals surface area contributed by atoms with Gasteiger partial charge in [0.2, 0.25) is 5.91 Å². The number of alkyl halides is 3. The lowest BCUT2D eigenvalue weighted by atomic mass is 10.0. The van der Waals surface area contributed by atoms with Gasteiger partial charge in [-0.2, -0.15) is 18.2 Å². The van der Waals surface area contributed by atoms with E-state index in [1.807, 2.05) is 4.90 Å². The van der Waals surface area contributed by atoms with E-state index in [-0.39, 0.29) is 27.8 Å². The van der Waals surface area contributed by atoms with E-state index in [1.54, 1.807) is 4.90 Å². The van der Waals surface area contributed by atoms with Gasteiger partial charge in [-0.15, -0.1) is 0 Å². The zero-order chi connectivity index (χ0) is 23.9. The van der Waals surface area contributed by atoms with Crippen molar-refractivity contribution in [3.05, 3.63) is 58.0 Å². The number of aromatic nitrogens is 3. The Hall–Kier alpha value is -3.60. The van der Waals surface area contributed by atoms with E-state index >= 15 is 0 Å². The van der Waals surface area contributed by atoms with E-state index < -0.39 is 23.1 Å². The molecule has 1 fully saturated rings. The van der Waals surface area contributed by atoms with E-state index in [4.69, 9.17) is 17.3 Å². The largest absolute Gasteiger partial charge is 0.418 e. The second-order valence-corrected chi connectivity index (χ2v) is 7.80. The number of hydrogen-bond donors (Lipinski definition) is 2. The molecular weight excluding hydrogens is 461 g/mol. The van der Waals surface area contributed by atoms with Crippen LogP contribution < -0.4 is 16.3 Å². The van der Waals surface area contributed by atoms with Crippen LogP contribution in [-0.4, -0.2) is 51.9 Å². The number of halogens is 4. The lowest BCUT2D eigenvalue weighted by Crippen LogP contribution is -2.49. The molecule has 1 saturated heterocycles. The number of hydrogen-bond acceptors (Lipinski definition) is 6. The molecule has 3 heterocycles. The Morgan fingerprint density at radius 2 is 1.88 bits per heavy atom. The molecule has 1 aliphatic rings. The van der Waals surface area contributed by atoms with Crippen LogP contribution >= 0.6 is 11.6 Å². The smallest absolute Gasteiger partial charge is 0.384 e. The average Bonchev–Trinajstić information content (AvgIpc) is 2.77. The van der Waals surface area contributed by atoms with Crippen LogP contribution in [0.25, 0.3) is 22.2 Å². The fraction of sp³-hybridized carbons (Fsp3) is 0.238. The van der Waals surface area contributed by atoms with Gasteiger partial charge in [-0.3, -0.25) is 4.79 Å². The molecule has 12 heteroatoms. The Morgan fingerprint density at radius 1 is 1.18 bits per heavy atom. The van der Waals surface area contributed by atoms with Gasteiger partial charge < -0.3 is 20.5 Å². The topological polar surface area (TPSA) is 108 Å². The van der Waals surface area contributed by atoms with Crippen LogP contribution in [0.2, 0.25) is 5.02 Å². The Labute approximate surface area is 190 Å². The number of benzene rings is 1. The first-order valence-corrected chi connectivity index (χ1v) is 10.2. The molecule has 0 unspecified atom stereocenters. The van der Waals surface area contributed by atoms with Crippen LogP contribution in [0, 0.1) is 0 Å². The third kappa shape index (κ3) is 4.36. The summed E-state index contributed by atoms with van der Waals surface area (Å²) in [5, 5.41) is 0.436. The molecule has 3 N–H and O–H groups in total. The summed E-state index contributed by atoms with van der Waals surface area (Å²) in [7, 11) is 0. The minimum atomic E-state index is -4.69. The summed E-state index contributed by atoms with van der Waals surface area (Å²) >= 11 is 6.40. The minimum Gasteiger partial charge on any atom is -0.384 e. The Morgan fingerprint density at radius 3 is 2.52 bits per heavy atom. The predicted octanol–water partition coefficient (Wildman–Crippen LogP) is 3.07. The number of aromatic amines is 1. The fourth-order valence-corrected chi connectivity index (χ4v) is 4.01. The van der Waals surface area contributed by atoms with Gasteiger partial charge in [0.05, 0.1) is 21.8 Å². The zero-order valence-corrected chi connectivity index (χ0v) is 17.9. The third-order valence-corrected chi connectivity index (χ3v) is 5.65. The molecule has 8 nitrogen and oxygen atoms in total. The number of nitrogens with zero attached hydrogens (tertiary/aromatic N) is 4. The molecule has 3 aromatic rings. The first-order valence-electron chi connectivity index (χ1n) is 9.82. The number of pyridine rings is 1. The van der Waals surface area contributed by atoms with Crippen LogP contribution in [0.5, 0.6) is 0 Å². The monoisotopic (exact) mass is 478 g/mol. The number of nitrogen functional groups attached to an aromatic ring is 1. The molecule has 0 aliphatic carbocycles. The number of rotatable bonds is 3. The maximum absolute atomic E-state index is 13.6. The third-order valence-electron chi connectivity index (χ3n) is 5.34. The van der Waals surface area contributed by atoms with Crippen LogP contribution in [0.4, 0.5) is 24.8 Å². The van der Waals surface area contributed by atoms with Gasteiger partial charge >= 0.3 is 11.9 Å². The van der Waals surface area contributed by atoms with Crippen molar-refractivity contribution in [2.75, 3.05) is 36.8 Å². The second kappa shape index (κ2) is 8.39. The summed E-state index contributed by atoms with van der Waals surface area (Å²) in [6.45, 7) is 5.07. The summed E-state index contributed by atoms with van der Waals surface area (Å²) < 4.78 is 40.7. The van der Waals surface area contributed by atoms with E-state index in [9.17, 15) is 22.8 Å². The highest BCUT2D eigenvalue weighted by Gasteiger charge is 2.35. The summed E-state index contributed by atoms with van der Waals surface area (Å²) in [5.41, 5.74) is 3.73. The number of anilines is 2. The molecule has 0 saturated carbocycles. The van der Waals surface area contributed by atoms with Crippen molar-refractivity contribution in [2.45, 2.75) is 6.18 Å². The molecule has 1 aliphatic heterocycles. The van der Waals surface area contributed by atoms with Gasteiger partial charge in [0, 0.05) is 37.1 Å². The number of carbonyl (C=O) groups is 1. The Balaban J connectivity index is 1.81. The van der Waals surface area contributed by atoms with Gasteiger partial charge in [0.15, 0.2) is 0 Å². The van der Waals surface area contributed by atoms with Crippen molar-refractivity contribution in [1.29, 1.82) is 0 Å². The zero-order valence-electron chi connectivity index (χ0n) is 17.1. The van der Waals surface area contributed by atoms with E-state index in [0.29, 0.717) is 37.4 Å². The number of H-pyrrole nitrogens is 1. The SMILES string of the molecule is C=CC(=O)N1CCN(c2nc(=O)[nH]c3cc(-c4nc(N)ccc4C(F)(F)F)c(Cl)cc23)CC1. The molecule has 1 aromatic carbocycles. The molecule has 0 atom stereocenters. The lowest BCUT2D eigenvalue weighted by Gasteiger charge is -2.35. The number of nitrogens with two attached hydrogens (primary N) is 1. The van der Waals surface area contributed by atoms with Gasteiger partial charge in [0.25, 0.3) is 0 Å². The maximum Gasteiger partial charge on any atom is 0.418 e. The highest BCUT2D eigenvalue weighted by molar-refractivity contribution is 6.34. The number of carbonyl (C=O) groups excluding carboxylic acids is 1. The minimum absolute atomic E-state index is 0.0123. The molecule has 172 valence electrons. The van der Waals surface area contributed by atoms with Crippen molar-refractivity contribution in [2.24, 2.45) is 0 Å². The van der Waals surface area contributed by atoms with Crippen LogP contribution in [0.1, 0.15) is 5.56 Å². The van der Waals surface area contributed by atoms with Crippen molar-refractivity contribution in [3.8, 4) is 11.3 Å². The maximum atomic E-state index is 13.6. The average molecular weight is 479 g/mol. The fourth-order valence-electron chi connectivity index (χ4n) is 3.76. The van der Waals surface area contributed by atoms with E-state index in [1.165, 1.54) is 18.2 Å².